The van der Waals surface area contributed by atoms with Gasteiger partial charge in [0.15, 0.2) is 8.07 Å². The van der Waals surface area contributed by atoms with Crippen molar-refractivity contribution >= 4 is 103 Å². The Morgan fingerprint density at radius 1 is 0.308 bits per heavy atom. The molecule has 0 bridgehead atoms. The first-order chi connectivity index (χ1) is 23.3. The van der Waals surface area contributed by atoms with E-state index in [1.165, 1.54) is 11.1 Å². The van der Waals surface area contributed by atoms with Gasteiger partial charge in [-0.25, -0.2) is 0 Å². The van der Waals surface area contributed by atoms with Crippen molar-refractivity contribution in [1.82, 2.24) is 0 Å². The first-order valence-electron chi connectivity index (χ1n) is 20.1. The second kappa shape index (κ2) is 14.0. The van der Waals surface area contributed by atoms with Crippen LogP contribution in [0.15, 0.2) is 76.9 Å². The summed E-state index contributed by atoms with van der Waals surface area (Å²) < 4.78 is 0. The second-order valence-electron chi connectivity index (χ2n) is 22.6. The Balaban J connectivity index is 2.53. The van der Waals surface area contributed by atoms with Crippen LogP contribution in [0.4, 0.5) is 0 Å². The number of hydrogen-bond acceptors (Lipinski definition) is 0. The van der Waals surface area contributed by atoms with Gasteiger partial charge in [0, 0.05) is 5.54 Å². The van der Waals surface area contributed by atoms with Crippen LogP contribution in [0.2, 0.25) is 123 Å². The lowest BCUT2D eigenvalue weighted by Gasteiger charge is -2.48. The molecule has 3 aromatic carbocycles. The zero-order valence-electron chi connectivity index (χ0n) is 37.8. The van der Waals surface area contributed by atoms with Crippen molar-refractivity contribution in [3.8, 4) is 0 Å². The van der Waals surface area contributed by atoms with Crippen LogP contribution in [-0.4, -0.2) is 56.5 Å². The van der Waals surface area contributed by atoms with E-state index in [2.05, 4.69) is 200 Å². The van der Waals surface area contributed by atoms with Gasteiger partial charge in [0.2, 0.25) is 0 Å². The maximum absolute atomic E-state index is 2.87. The van der Waals surface area contributed by atoms with Gasteiger partial charge in [-0.15, -0.1) is 0 Å². The lowest BCUT2D eigenvalue weighted by Crippen LogP contribution is -2.82. The Morgan fingerprint density at radius 3 is 0.731 bits per heavy atom. The number of hydrogen-bond donors (Lipinski definition) is 0. The summed E-state index contributed by atoms with van der Waals surface area (Å²) in [7, 11) is -13.1. The summed E-state index contributed by atoms with van der Waals surface area (Å²) in [5.74, 6) is 0. The molecule has 1 aliphatic rings. The third kappa shape index (κ3) is 7.98. The highest BCUT2D eigenvalue weighted by Crippen LogP contribution is 2.46. The largest absolute Gasteiger partial charge is 0.158 e. The average Bonchev–Trinajstić information content (AvgIpc) is 3.17. The highest BCUT2D eigenvalue weighted by molar-refractivity contribution is 7.20. The van der Waals surface area contributed by atoms with Crippen LogP contribution < -0.4 is 46.7 Å². The van der Waals surface area contributed by atoms with Crippen LogP contribution in [-0.2, 0) is 0 Å². The average molecular weight is 814 g/mol. The van der Waals surface area contributed by atoms with Crippen molar-refractivity contribution in [2.45, 2.75) is 151 Å². The molecule has 0 aliphatic heterocycles. The molecule has 0 saturated heterocycles. The van der Waals surface area contributed by atoms with Gasteiger partial charge in [-0.2, -0.15) is 0 Å². The minimum atomic E-state index is -2.87. The first-order valence-corrected chi connectivity index (χ1v) is 43.2. The number of allylic oxidation sites excluding steroid dienone is 4. The molecule has 284 valence electrons. The van der Waals surface area contributed by atoms with Crippen LogP contribution in [0.1, 0.15) is 27.7 Å². The van der Waals surface area contributed by atoms with Gasteiger partial charge in [0.05, 0.1) is 48.4 Å². The van der Waals surface area contributed by atoms with Crippen molar-refractivity contribution in [2.24, 2.45) is 0 Å². The molecular weight excluding hydrogens is 737 g/mol. The van der Waals surface area contributed by atoms with E-state index in [9.17, 15) is 0 Å². The predicted molar refractivity (Wildman–Crippen MR) is 262 cm³/mol. The number of rotatable bonds is 10. The molecule has 0 saturated carbocycles. The Labute approximate surface area is 329 Å². The van der Waals surface area contributed by atoms with Crippen LogP contribution in [0.5, 0.6) is 0 Å². The fraction of sp³-hybridized carbons (Fsp3) is 0.511. The van der Waals surface area contributed by atoms with Crippen molar-refractivity contribution < 1.29 is 0 Å². The molecule has 0 atom stereocenters. The van der Waals surface area contributed by atoms with E-state index < -0.39 is 56.5 Å². The van der Waals surface area contributed by atoms with Crippen molar-refractivity contribution in [3.63, 3.8) is 0 Å². The molecule has 0 fully saturated rings. The molecular formula is C45H76Si7. The standard InChI is InChI=1S/C45H76Si7/c1-32-33(2)35(4)45(34(32)3)52(39-26-23-36(46(5,6)7)29-42(39)49(14,15)16,40-27-24-37(47(8,9)10)30-43(40)50(17,18)19)41-28-25-38(48(11,12)13)31-44(41)51(20,21)22/h23-31,45H,1-22H3. The lowest BCUT2D eigenvalue weighted by molar-refractivity contribution is 1.09. The molecule has 0 spiro atoms. The van der Waals surface area contributed by atoms with Gasteiger partial charge in [-0.05, 0) is 54.4 Å². The lowest BCUT2D eigenvalue weighted by atomic mass is 10.1. The summed E-state index contributed by atoms with van der Waals surface area (Å²) >= 11 is 0. The molecule has 0 N–H and O–H groups in total. The molecule has 0 nitrogen and oxygen atoms in total. The Kier molecular flexibility index (Phi) is 11.7. The first kappa shape index (κ1) is 43.4. The topological polar surface area (TPSA) is 0 Å². The maximum atomic E-state index is 2.78. The van der Waals surface area contributed by atoms with Crippen LogP contribution >= 0.6 is 0 Å². The maximum Gasteiger partial charge on any atom is 0.158 e. The van der Waals surface area contributed by atoms with Gasteiger partial charge in [0.1, 0.15) is 0 Å². The highest BCUT2D eigenvalue weighted by atomic mass is 28.3. The van der Waals surface area contributed by atoms with Gasteiger partial charge in [-0.3, -0.25) is 0 Å². The second-order valence-corrected chi connectivity index (χ2v) is 56.8. The molecule has 4 rings (SSSR count). The van der Waals surface area contributed by atoms with Crippen molar-refractivity contribution in [2.75, 3.05) is 0 Å². The van der Waals surface area contributed by atoms with Crippen molar-refractivity contribution in [1.29, 1.82) is 0 Å². The van der Waals surface area contributed by atoms with Gasteiger partial charge in [-0.1, -0.05) is 215 Å². The smallest absolute Gasteiger partial charge is 0.0656 e. The van der Waals surface area contributed by atoms with E-state index in [4.69, 9.17) is 0 Å². The Morgan fingerprint density at radius 2 is 0.538 bits per heavy atom. The van der Waals surface area contributed by atoms with E-state index in [0.29, 0.717) is 5.54 Å². The van der Waals surface area contributed by atoms with Crippen LogP contribution in [0.3, 0.4) is 0 Å². The summed E-state index contributed by atoms with van der Waals surface area (Å²) in [6, 6.07) is 24.4. The Hall–Kier alpha value is -1.34. The summed E-state index contributed by atoms with van der Waals surface area (Å²) in [5.41, 5.74) is 6.72. The van der Waals surface area contributed by atoms with E-state index in [0.717, 1.165) is 0 Å². The summed E-state index contributed by atoms with van der Waals surface area (Å²) in [4.78, 5) is 0. The molecule has 3 aromatic rings. The number of benzene rings is 3. The van der Waals surface area contributed by atoms with E-state index in [-0.39, 0.29) is 0 Å². The molecule has 0 amide bonds. The minimum Gasteiger partial charge on any atom is -0.0656 e. The van der Waals surface area contributed by atoms with Gasteiger partial charge in [0.25, 0.3) is 0 Å². The third-order valence-corrected chi connectivity index (χ3v) is 31.0. The molecule has 0 unspecified atom stereocenters. The van der Waals surface area contributed by atoms with E-state index in [1.54, 1.807) is 57.8 Å². The van der Waals surface area contributed by atoms with Crippen molar-refractivity contribution in [3.05, 3.63) is 76.9 Å². The van der Waals surface area contributed by atoms with Gasteiger partial charge < -0.3 is 0 Å². The summed E-state index contributed by atoms with van der Waals surface area (Å²) in [5, 5.41) is 15.3. The fourth-order valence-electron chi connectivity index (χ4n) is 8.83. The fourth-order valence-corrected chi connectivity index (χ4v) is 28.4. The monoisotopic (exact) mass is 812 g/mol. The van der Waals surface area contributed by atoms with Crippen LogP contribution in [0, 0.1) is 0 Å². The Bertz CT molecular complexity index is 1710. The molecule has 1 aliphatic carbocycles. The third-order valence-electron chi connectivity index (χ3n) is 12.4. The SMILES string of the molecule is CC1=C(C)C([Si](c2ccc([Si](C)(C)C)cc2[Si](C)(C)C)(c2ccc([Si](C)(C)C)cc2[Si](C)(C)C)c2ccc([Si](C)(C)C)cc2[Si](C)(C)C)C(C)=C1C. The van der Waals surface area contributed by atoms with Gasteiger partial charge >= 0.3 is 0 Å². The molecule has 0 radical (unpaired) electrons. The van der Waals surface area contributed by atoms with Crippen LogP contribution in [0.25, 0.3) is 0 Å². The minimum absolute atomic E-state index is 0.390. The summed E-state index contributed by atoms with van der Waals surface area (Å²) in [6.45, 7) is 56.5. The predicted octanol–water partition coefficient (Wildman–Crippen LogP) is 8.48. The molecule has 52 heavy (non-hydrogen) atoms. The molecule has 0 aromatic heterocycles. The summed E-state index contributed by atoms with van der Waals surface area (Å²) in [6.07, 6.45) is 0. The molecule has 7 heteroatoms. The van der Waals surface area contributed by atoms with E-state index >= 15 is 0 Å². The zero-order valence-corrected chi connectivity index (χ0v) is 44.8. The normalized spacial score (nSPS) is 16.0. The van der Waals surface area contributed by atoms with E-state index in [1.807, 2.05) is 0 Å². The quantitative estimate of drug-likeness (QED) is 0.143. The molecule has 0 heterocycles. The highest BCUT2D eigenvalue weighted by Gasteiger charge is 2.55. The zero-order chi connectivity index (χ0) is 39.9.